The molecule has 1 unspecified atom stereocenters. The maximum absolute atomic E-state index is 14.6. The lowest BCUT2D eigenvalue weighted by molar-refractivity contribution is -0.140. The molecule has 2 amide bonds. The standard InChI is InChI=1S/C36H41N3O6S/c1-36(2,3)37-35(41)32(23-27-15-9-6-10-16-27)38(25-28-17-11-7-12-18-28)34(40)26-39(46(42,43)30-19-13-8-14-20-30)31-24-29(44-4)21-22-33(31)45-5/h6-22,24,32H,23,25-26H2,1-5H3,(H,37,41). The third kappa shape index (κ3) is 8.66. The second kappa shape index (κ2) is 15.0. The lowest BCUT2D eigenvalue weighted by atomic mass is 10.0. The van der Waals surface area contributed by atoms with E-state index in [0.717, 1.165) is 15.4 Å². The summed E-state index contributed by atoms with van der Waals surface area (Å²) in [7, 11) is -1.40. The fourth-order valence-corrected chi connectivity index (χ4v) is 6.45. The quantitative estimate of drug-likeness (QED) is 0.208. The van der Waals surface area contributed by atoms with Gasteiger partial charge in [0.05, 0.1) is 24.8 Å². The molecule has 0 saturated carbocycles. The Hall–Kier alpha value is -4.83. The third-order valence-corrected chi connectivity index (χ3v) is 9.00. The maximum Gasteiger partial charge on any atom is 0.264 e. The average molecular weight is 644 g/mol. The molecule has 1 atom stereocenters. The van der Waals surface area contributed by atoms with E-state index in [-0.39, 0.29) is 35.2 Å². The zero-order valence-electron chi connectivity index (χ0n) is 26.8. The number of ether oxygens (including phenoxy) is 2. The average Bonchev–Trinajstić information content (AvgIpc) is 3.05. The molecule has 0 aromatic heterocycles. The van der Waals surface area contributed by atoms with E-state index in [1.807, 2.05) is 81.4 Å². The number of hydrogen-bond acceptors (Lipinski definition) is 6. The van der Waals surface area contributed by atoms with Gasteiger partial charge in [0.1, 0.15) is 24.1 Å². The first-order chi connectivity index (χ1) is 21.9. The first kappa shape index (κ1) is 34.1. The Balaban J connectivity index is 1.86. The first-order valence-electron chi connectivity index (χ1n) is 14.9. The first-order valence-corrected chi connectivity index (χ1v) is 16.4. The minimum atomic E-state index is -4.30. The molecule has 0 radical (unpaired) electrons. The van der Waals surface area contributed by atoms with Gasteiger partial charge < -0.3 is 19.7 Å². The van der Waals surface area contributed by atoms with Crippen LogP contribution in [0.3, 0.4) is 0 Å². The van der Waals surface area contributed by atoms with E-state index < -0.39 is 34.1 Å². The number of sulfonamides is 1. The molecule has 0 saturated heterocycles. The second-order valence-electron chi connectivity index (χ2n) is 11.8. The summed E-state index contributed by atoms with van der Waals surface area (Å²) in [4.78, 5) is 30.1. The largest absolute Gasteiger partial charge is 0.497 e. The Bertz CT molecular complexity index is 1710. The highest BCUT2D eigenvalue weighted by molar-refractivity contribution is 7.92. The minimum Gasteiger partial charge on any atom is -0.497 e. The number of methoxy groups -OCH3 is 2. The van der Waals surface area contributed by atoms with E-state index in [1.165, 1.54) is 37.3 Å². The van der Waals surface area contributed by atoms with Crippen molar-refractivity contribution in [3.05, 3.63) is 120 Å². The lowest BCUT2D eigenvalue weighted by Crippen LogP contribution is -2.56. The van der Waals surface area contributed by atoms with Crippen LogP contribution in [0.15, 0.2) is 114 Å². The van der Waals surface area contributed by atoms with Crippen molar-refractivity contribution in [2.75, 3.05) is 25.1 Å². The molecule has 9 nitrogen and oxygen atoms in total. The van der Waals surface area contributed by atoms with Crippen LogP contribution in [0, 0.1) is 0 Å². The van der Waals surface area contributed by atoms with Crippen LogP contribution in [0.2, 0.25) is 0 Å². The zero-order chi connectivity index (χ0) is 33.3. The summed E-state index contributed by atoms with van der Waals surface area (Å²) < 4.78 is 40.6. The van der Waals surface area contributed by atoms with Crippen LogP contribution in [-0.2, 0) is 32.6 Å². The highest BCUT2D eigenvalue weighted by atomic mass is 32.2. The summed E-state index contributed by atoms with van der Waals surface area (Å²) >= 11 is 0. The number of carbonyl (C=O) groups excluding carboxylic acids is 2. The van der Waals surface area contributed by atoms with Gasteiger partial charge in [-0.3, -0.25) is 13.9 Å². The summed E-state index contributed by atoms with van der Waals surface area (Å²) in [6.45, 7) is 5.08. The van der Waals surface area contributed by atoms with Crippen molar-refractivity contribution in [2.24, 2.45) is 0 Å². The van der Waals surface area contributed by atoms with Crippen LogP contribution < -0.4 is 19.1 Å². The third-order valence-electron chi connectivity index (χ3n) is 7.23. The molecular formula is C36H41N3O6S. The lowest BCUT2D eigenvalue weighted by Gasteiger charge is -2.35. The molecule has 4 rings (SSSR count). The predicted molar refractivity (Wildman–Crippen MR) is 179 cm³/mol. The highest BCUT2D eigenvalue weighted by Crippen LogP contribution is 2.36. The number of hydrogen-bond donors (Lipinski definition) is 1. The molecular weight excluding hydrogens is 602 g/mol. The second-order valence-corrected chi connectivity index (χ2v) is 13.7. The van der Waals surface area contributed by atoms with Crippen LogP contribution in [-0.4, -0.2) is 57.5 Å². The van der Waals surface area contributed by atoms with E-state index in [1.54, 1.807) is 30.3 Å². The maximum atomic E-state index is 14.6. The number of nitrogens with one attached hydrogen (secondary N) is 1. The number of anilines is 1. The van der Waals surface area contributed by atoms with Crippen molar-refractivity contribution in [2.45, 2.75) is 50.2 Å². The summed E-state index contributed by atoms with van der Waals surface area (Å²) in [5, 5.41) is 3.03. The fraction of sp³-hybridized carbons (Fsp3) is 0.278. The molecule has 46 heavy (non-hydrogen) atoms. The van der Waals surface area contributed by atoms with Crippen LogP contribution in [0.5, 0.6) is 11.5 Å². The monoisotopic (exact) mass is 643 g/mol. The molecule has 0 heterocycles. The van der Waals surface area contributed by atoms with Gasteiger partial charge in [0.15, 0.2) is 0 Å². The molecule has 242 valence electrons. The molecule has 1 N–H and O–H groups in total. The Kier molecular flexibility index (Phi) is 11.1. The van der Waals surface area contributed by atoms with Crippen LogP contribution in [0.25, 0.3) is 0 Å². The van der Waals surface area contributed by atoms with Crippen molar-refractivity contribution in [1.29, 1.82) is 0 Å². The molecule has 4 aromatic rings. The number of amides is 2. The number of carbonyl (C=O) groups is 2. The summed E-state index contributed by atoms with van der Waals surface area (Å²) in [6.07, 6.45) is 0.218. The Morgan fingerprint density at radius 3 is 1.89 bits per heavy atom. The van der Waals surface area contributed by atoms with E-state index in [2.05, 4.69) is 5.32 Å². The van der Waals surface area contributed by atoms with Gasteiger partial charge in [0, 0.05) is 24.6 Å². The molecule has 0 aliphatic carbocycles. The van der Waals surface area contributed by atoms with Crippen LogP contribution in [0.4, 0.5) is 5.69 Å². The van der Waals surface area contributed by atoms with Crippen LogP contribution in [0.1, 0.15) is 31.9 Å². The number of benzene rings is 4. The molecule has 0 fully saturated rings. The van der Waals surface area contributed by atoms with Gasteiger partial charge in [-0.1, -0.05) is 78.9 Å². The molecule has 0 aliphatic rings. The Morgan fingerprint density at radius 2 is 1.35 bits per heavy atom. The van der Waals surface area contributed by atoms with Gasteiger partial charge in [-0.25, -0.2) is 8.42 Å². The van der Waals surface area contributed by atoms with E-state index in [9.17, 15) is 18.0 Å². The van der Waals surface area contributed by atoms with Crippen molar-refractivity contribution >= 4 is 27.5 Å². The van der Waals surface area contributed by atoms with E-state index >= 15 is 0 Å². The van der Waals surface area contributed by atoms with Gasteiger partial charge in [-0.15, -0.1) is 0 Å². The predicted octanol–water partition coefficient (Wildman–Crippen LogP) is 5.45. The topological polar surface area (TPSA) is 105 Å². The zero-order valence-corrected chi connectivity index (χ0v) is 27.7. The Morgan fingerprint density at radius 1 is 0.783 bits per heavy atom. The van der Waals surface area contributed by atoms with Crippen LogP contribution >= 0.6 is 0 Å². The van der Waals surface area contributed by atoms with E-state index in [0.29, 0.717) is 5.75 Å². The summed E-state index contributed by atoms with van der Waals surface area (Å²) in [5.74, 6) is -0.312. The fourth-order valence-electron chi connectivity index (χ4n) is 5.01. The Labute approximate surface area is 271 Å². The van der Waals surface area contributed by atoms with Crippen molar-refractivity contribution in [3.8, 4) is 11.5 Å². The summed E-state index contributed by atoms with van der Waals surface area (Å²) in [5.41, 5.74) is 1.18. The SMILES string of the molecule is COc1ccc(OC)c(N(CC(=O)N(Cc2ccccc2)C(Cc2ccccc2)C(=O)NC(C)(C)C)S(=O)(=O)c2ccccc2)c1. The van der Waals surface area contributed by atoms with Gasteiger partial charge in [-0.2, -0.15) is 0 Å². The minimum absolute atomic E-state index is 0.00593. The molecule has 0 bridgehead atoms. The molecule has 0 spiro atoms. The van der Waals surface area contributed by atoms with Gasteiger partial charge in [0.2, 0.25) is 11.8 Å². The van der Waals surface area contributed by atoms with Crippen molar-refractivity contribution in [3.63, 3.8) is 0 Å². The van der Waals surface area contributed by atoms with Gasteiger partial charge in [0.25, 0.3) is 10.0 Å². The normalized spacial score (nSPS) is 12.1. The molecule has 4 aromatic carbocycles. The van der Waals surface area contributed by atoms with Gasteiger partial charge >= 0.3 is 0 Å². The van der Waals surface area contributed by atoms with Crippen molar-refractivity contribution in [1.82, 2.24) is 10.2 Å². The molecule has 10 heteroatoms. The highest BCUT2D eigenvalue weighted by Gasteiger charge is 2.36. The van der Waals surface area contributed by atoms with Gasteiger partial charge in [-0.05, 0) is 56.2 Å². The number of rotatable bonds is 13. The van der Waals surface area contributed by atoms with E-state index in [4.69, 9.17) is 9.47 Å². The smallest absolute Gasteiger partial charge is 0.264 e. The van der Waals surface area contributed by atoms with Crippen molar-refractivity contribution < 1.29 is 27.5 Å². The summed E-state index contributed by atoms with van der Waals surface area (Å²) in [6, 6.07) is 30.4. The number of nitrogens with zero attached hydrogens (tertiary/aromatic N) is 2. The molecule has 0 aliphatic heterocycles.